The molecule has 1 rings (SSSR count). The van der Waals surface area contributed by atoms with Crippen molar-refractivity contribution in [3.63, 3.8) is 0 Å². The number of carboxylic acids is 1. The molecule has 0 bridgehead atoms. The van der Waals surface area contributed by atoms with Crippen molar-refractivity contribution in [2.45, 2.75) is 32.8 Å². The summed E-state index contributed by atoms with van der Waals surface area (Å²) in [5, 5.41) is 19.1. The summed E-state index contributed by atoms with van der Waals surface area (Å²) < 4.78 is 5.08. The third kappa shape index (κ3) is 2.04. The fraction of sp³-hybridized carbons (Fsp3) is 0.545. The normalized spacial score (nSPS) is 17.1. The van der Waals surface area contributed by atoms with Gasteiger partial charge in [-0.1, -0.05) is 20.3 Å². The first-order chi connectivity index (χ1) is 6.91. The lowest BCUT2D eigenvalue weighted by atomic mass is 9.85. The quantitative estimate of drug-likeness (QED) is 0.802. The second-order valence-electron chi connectivity index (χ2n) is 3.93. The fourth-order valence-electron chi connectivity index (χ4n) is 1.49. The monoisotopic (exact) mass is 212 g/mol. The summed E-state index contributed by atoms with van der Waals surface area (Å²) in [5.74, 6) is -1.02. The lowest BCUT2D eigenvalue weighted by molar-refractivity contribution is -0.0207. The van der Waals surface area contributed by atoms with Crippen molar-refractivity contribution in [1.82, 2.24) is 0 Å². The molecule has 0 spiro atoms. The maximum Gasteiger partial charge on any atom is 0.339 e. The highest BCUT2D eigenvalue weighted by molar-refractivity contribution is 5.89. The van der Waals surface area contributed by atoms with Crippen LogP contribution in [0, 0.1) is 5.92 Å². The maximum absolute atomic E-state index is 10.9. The van der Waals surface area contributed by atoms with E-state index in [1.165, 1.54) is 12.3 Å². The molecule has 4 nitrogen and oxygen atoms in total. The van der Waals surface area contributed by atoms with Crippen LogP contribution in [-0.2, 0) is 5.60 Å². The van der Waals surface area contributed by atoms with E-state index in [0.717, 1.165) is 6.42 Å². The van der Waals surface area contributed by atoms with Crippen LogP contribution in [0.1, 0.15) is 43.3 Å². The van der Waals surface area contributed by atoms with E-state index in [1.54, 1.807) is 6.92 Å². The maximum atomic E-state index is 10.9. The van der Waals surface area contributed by atoms with Crippen LogP contribution in [0.15, 0.2) is 16.7 Å². The van der Waals surface area contributed by atoms with E-state index in [1.807, 2.05) is 13.8 Å². The van der Waals surface area contributed by atoms with Gasteiger partial charge in [0, 0.05) is 0 Å². The van der Waals surface area contributed by atoms with Gasteiger partial charge < -0.3 is 14.6 Å². The standard InChI is InChI=1S/C11H16O4/c1-4-7(2)11(3,14)9-8(10(12)13)5-6-15-9/h5-7,14H,4H2,1-3H3,(H,12,13). The van der Waals surface area contributed by atoms with Gasteiger partial charge in [-0.15, -0.1) is 0 Å². The average Bonchev–Trinajstić information content (AvgIpc) is 2.65. The molecule has 0 saturated heterocycles. The number of furan rings is 1. The van der Waals surface area contributed by atoms with Crippen molar-refractivity contribution >= 4 is 5.97 Å². The number of hydrogen-bond donors (Lipinski definition) is 2. The molecule has 1 aromatic heterocycles. The molecule has 0 amide bonds. The van der Waals surface area contributed by atoms with Crippen LogP contribution in [0.2, 0.25) is 0 Å². The molecule has 2 atom stereocenters. The summed E-state index contributed by atoms with van der Waals surface area (Å²) in [7, 11) is 0. The van der Waals surface area contributed by atoms with Crippen molar-refractivity contribution in [3.8, 4) is 0 Å². The molecule has 84 valence electrons. The molecular formula is C11H16O4. The highest BCUT2D eigenvalue weighted by atomic mass is 16.4. The number of aliphatic hydroxyl groups is 1. The van der Waals surface area contributed by atoms with E-state index >= 15 is 0 Å². The Morgan fingerprint density at radius 1 is 1.67 bits per heavy atom. The minimum atomic E-state index is -1.24. The molecule has 0 aliphatic carbocycles. The van der Waals surface area contributed by atoms with E-state index in [4.69, 9.17) is 9.52 Å². The fourth-order valence-corrected chi connectivity index (χ4v) is 1.49. The van der Waals surface area contributed by atoms with Crippen molar-refractivity contribution in [2.75, 3.05) is 0 Å². The number of aromatic carboxylic acids is 1. The first-order valence-corrected chi connectivity index (χ1v) is 4.94. The predicted molar refractivity (Wildman–Crippen MR) is 54.7 cm³/mol. The van der Waals surface area contributed by atoms with E-state index in [2.05, 4.69) is 0 Å². The van der Waals surface area contributed by atoms with Crippen LogP contribution in [0.3, 0.4) is 0 Å². The molecule has 1 heterocycles. The highest BCUT2D eigenvalue weighted by Crippen LogP contribution is 2.33. The van der Waals surface area contributed by atoms with Crippen LogP contribution < -0.4 is 0 Å². The summed E-state index contributed by atoms with van der Waals surface area (Å²) in [4.78, 5) is 10.9. The second kappa shape index (κ2) is 4.06. The Hall–Kier alpha value is -1.29. The summed E-state index contributed by atoms with van der Waals surface area (Å²) in [6, 6.07) is 1.36. The molecular weight excluding hydrogens is 196 g/mol. The molecule has 4 heteroatoms. The minimum Gasteiger partial charge on any atom is -0.478 e. The van der Waals surface area contributed by atoms with Crippen LogP contribution >= 0.6 is 0 Å². The van der Waals surface area contributed by atoms with Crippen molar-refractivity contribution < 1.29 is 19.4 Å². The number of rotatable bonds is 4. The average molecular weight is 212 g/mol. The number of carbonyl (C=O) groups is 1. The van der Waals surface area contributed by atoms with E-state index in [9.17, 15) is 9.90 Å². The van der Waals surface area contributed by atoms with Gasteiger partial charge in [0.2, 0.25) is 0 Å². The number of hydrogen-bond acceptors (Lipinski definition) is 3. The molecule has 0 radical (unpaired) electrons. The third-order valence-corrected chi connectivity index (χ3v) is 2.93. The Morgan fingerprint density at radius 3 is 2.73 bits per heavy atom. The summed E-state index contributed by atoms with van der Waals surface area (Å²) >= 11 is 0. The van der Waals surface area contributed by atoms with E-state index < -0.39 is 11.6 Å². The highest BCUT2D eigenvalue weighted by Gasteiger charge is 2.36. The zero-order valence-electron chi connectivity index (χ0n) is 9.15. The lowest BCUT2D eigenvalue weighted by Gasteiger charge is -2.27. The Kier molecular flexibility index (Phi) is 3.19. The first-order valence-electron chi connectivity index (χ1n) is 4.94. The molecule has 0 fully saturated rings. The Morgan fingerprint density at radius 2 is 2.27 bits per heavy atom. The van der Waals surface area contributed by atoms with Gasteiger partial charge >= 0.3 is 5.97 Å². The third-order valence-electron chi connectivity index (χ3n) is 2.93. The summed E-state index contributed by atoms with van der Waals surface area (Å²) in [6.07, 6.45) is 2.03. The molecule has 0 aliphatic rings. The Bertz CT molecular complexity index is 351. The predicted octanol–water partition coefficient (Wildman–Crippen LogP) is 2.23. The van der Waals surface area contributed by atoms with Crippen molar-refractivity contribution in [2.24, 2.45) is 5.92 Å². The van der Waals surface area contributed by atoms with Gasteiger partial charge in [0.05, 0.1) is 6.26 Å². The molecule has 2 N–H and O–H groups in total. The molecule has 0 aromatic carbocycles. The van der Waals surface area contributed by atoms with Gasteiger partial charge in [0.1, 0.15) is 16.9 Å². The Labute approximate surface area is 88.5 Å². The molecule has 0 saturated carbocycles. The number of carboxylic acid groups (broad SMARTS) is 1. The van der Waals surface area contributed by atoms with Crippen LogP contribution in [0.4, 0.5) is 0 Å². The van der Waals surface area contributed by atoms with E-state index in [0.29, 0.717) is 0 Å². The zero-order valence-corrected chi connectivity index (χ0v) is 9.15. The molecule has 1 aromatic rings. The first kappa shape index (κ1) is 11.8. The summed E-state index contributed by atoms with van der Waals surface area (Å²) in [5.41, 5.74) is -1.22. The van der Waals surface area contributed by atoms with Gasteiger partial charge in [-0.05, 0) is 18.9 Å². The van der Waals surface area contributed by atoms with Crippen molar-refractivity contribution in [1.29, 1.82) is 0 Å². The summed E-state index contributed by atoms with van der Waals surface area (Å²) in [6.45, 7) is 5.36. The minimum absolute atomic E-state index is 0.0281. The van der Waals surface area contributed by atoms with Crippen LogP contribution in [0.25, 0.3) is 0 Å². The SMILES string of the molecule is CCC(C)C(C)(O)c1occc1C(=O)O. The van der Waals surface area contributed by atoms with Crippen LogP contribution in [-0.4, -0.2) is 16.2 Å². The van der Waals surface area contributed by atoms with Gasteiger partial charge in [0.25, 0.3) is 0 Å². The van der Waals surface area contributed by atoms with Crippen LogP contribution in [0.5, 0.6) is 0 Å². The largest absolute Gasteiger partial charge is 0.478 e. The van der Waals surface area contributed by atoms with Crippen molar-refractivity contribution in [3.05, 3.63) is 23.7 Å². The zero-order chi connectivity index (χ0) is 11.6. The van der Waals surface area contributed by atoms with Gasteiger partial charge in [-0.2, -0.15) is 0 Å². The van der Waals surface area contributed by atoms with E-state index in [-0.39, 0.29) is 17.2 Å². The molecule has 0 aliphatic heterocycles. The molecule has 2 unspecified atom stereocenters. The van der Waals surface area contributed by atoms with Gasteiger partial charge in [-0.25, -0.2) is 4.79 Å². The smallest absolute Gasteiger partial charge is 0.339 e. The lowest BCUT2D eigenvalue weighted by Crippen LogP contribution is -2.30. The molecule has 15 heavy (non-hydrogen) atoms. The van der Waals surface area contributed by atoms with Gasteiger partial charge in [0.15, 0.2) is 0 Å². The Balaban J connectivity index is 3.14. The van der Waals surface area contributed by atoms with Gasteiger partial charge in [-0.3, -0.25) is 0 Å². The topological polar surface area (TPSA) is 70.7 Å². The second-order valence-corrected chi connectivity index (χ2v) is 3.93.